The van der Waals surface area contributed by atoms with Crippen LogP contribution in [-0.2, 0) is 0 Å². The van der Waals surface area contributed by atoms with Gasteiger partial charge in [-0.2, -0.15) is 5.53 Å². The summed E-state index contributed by atoms with van der Waals surface area (Å²) in [5.41, 5.74) is 6.47. The van der Waals surface area contributed by atoms with E-state index in [1.54, 1.807) is 18.2 Å². The number of rotatable bonds is 9. The lowest BCUT2D eigenvalue weighted by atomic mass is 10.0. The largest absolute Gasteiger partial charge is 0.491 e. The highest BCUT2D eigenvalue weighted by Crippen LogP contribution is 2.28. The molecule has 0 aliphatic carbocycles. The van der Waals surface area contributed by atoms with Gasteiger partial charge in [0.2, 0.25) is 0 Å². The molecule has 104 valence electrons. The number of benzene rings is 1. The molecule has 0 aliphatic rings. The summed E-state index contributed by atoms with van der Waals surface area (Å²) in [6.45, 7) is 4.99. The zero-order valence-electron chi connectivity index (χ0n) is 11.8. The van der Waals surface area contributed by atoms with Gasteiger partial charge in [0, 0.05) is 5.56 Å². The third kappa shape index (κ3) is 4.81. The number of hydrogen-bond donors (Lipinski definition) is 1. The van der Waals surface area contributed by atoms with E-state index in [1.165, 1.54) is 12.8 Å². The second kappa shape index (κ2) is 8.40. The quantitative estimate of drug-likeness (QED) is 0.550. The van der Waals surface area contributed by atoms with Crippen LogP contribution in [0.5, 0.6) is 5.75 Å². The molecule has 4 nitrogen and oxygen atoms in total. The second-order valence-electron chi connectivity index (χ2n) is 4.70. The first-order valence-electron chi connectivity index (χ1n) is 6.88. The van der Waals surface area contributed by atoms with Crippen LogP contribution >= 0.6 is 0 Å². The number of carbonyl (C=O) groups excluding carboxylic acids is 1. The van der Waals surface area contributed by atoms with Crippen molar-refractivity contribution in [1.29, 1.82) is 0 Å². The number of aldehydes is 1. The summed E-state index contributed by atoms with van der Waals surface area (Å²) in [4.78, 5) is 10.8. The average Bonchev–Trinajstić information content (AvgIpc) is 2.47. The van der Waals surface area contributed by atoms with Crippen molar-refractivity contribution < 1.29 is 15.1 Å². The zero-order valence-corrected chi connectivity index (χ0v) is 11.8. The molecule has 0 saturated heterocycles. The number of nitrogens with two attached hydrogens (primary N) is 1. The molecule has 1 rings (SSSR count). The molecular formula is C15H23N2O2+. The van der Waals surface area contributed by atoms with Gasteiger partial charge in [-0.25, -0.2) is 0 Å². The summed E-state index contributed by atoms with van der Waals surface area (Å²) in [7, 11) is 0. The number of nitrogens with zero attached hydrogens (tertiary/aromatic N) is 1. The van der Waals surface area contributed by atoms with Gasteiger partial charge in [-0.1, -0.05) is 33.1 Å². The summed E-state index contributed by atoms with van der Waals surface area (Å²) in [5.74, 6) is 1.12. The predicted molar refractivity (Wildman–Crippen MR) is 74.6 cm³/mol. The molecule has 2 N–H and O–H groups in total. The predicted octanol–water partition coefficient (Wildman–Crippen LogP) is 2.94. The second-order valence-corrected chi connectivity index (χ2v) is 4.70. The molecule has 0 saturated carbocycles. The van der Waals surface area contributed by atoms with Crippen LogP contribution in [0, 0.1) is 5.92 Å². The maximum Gasteiger partial charge on any atom is 0.171 e. The number of unbranched alkanes of at least 4 members (excludes halogenated alkanes) is 1. The minimum atomic E-state index is 0.533. The lowest BCUT2D eigenvalue weighted by molar-refractivity contribution is -0.210. The van der Waals surface area contributed by atoms with Crippen LogP contribution in [-0.4, -0.2) is 12.9 Å². The van der Waals surface area contributed by atoms with Gasteiger partial charge in [-0.05, 0) is 35.7 Å². The van der Waals surface area contributed by atoms with Gasteiger partial charge in [0.05, 0.1) is 6.61 Å². The Morgan fingerprint density at radius 2 is 2.21 bits per heavy atom. The van der Waals surface area contributed by atoms with Crippen LogP contribution in [0.2, 0.25) is 0 Å². The summed E-state index contributed by atoms with van der Waals surface area (Å²) >= 11 is 0. The molecule has 1 aromatic rings. The standard InChI is InChI=1S/C15H22N2O2/c1-3-5-6-12(4-2)11-19-15-9-13(10-18)7-8-14(15)17-16/h7-10,12,16H,3-6,11H2,1-2H3/p+1. The summed E-state index contributed by atoms with van der Waals surface area (Å²) in [6.07, 6.45) is 5.45. The SMILES string of the molecule is CCCCC(CC)COc1cc(C=O)ccc1N=[NH2+]. The Balaban J connectivity index is 2.68. The van der Waals surface area contributed by atoms with Crippen LogP contribution in [0.25, 0.3) is 0 Å². The highest BCUT2D eigenvalue weighted by molar-refractivity contribution is 5.77. The van der Waals surface area contributed by atoms with Gasteiger partial charge in [-0.3, -0.25) is 4.79 Å². The van der Waals surface area contributed by atoms with E-state index in [0.29, 0.717) is 29.5 Å². The van der Waals surface area contributed by atoms with Crippen molar-refractivity contribution in [2.45, 2.75) is 39.5 Å². The molecule has 0 amide bonds. The first-order chi connectivity index (χ1) is 9.24. The van der Waals surface area contributed by atoms with Gasteiger partial charge < -0.3 is 4.74 Å². The topological polar surface area (TPSA) is 64.2 Å². The van der Waals surface area contributed by atoms with E-state index in [9.17, 15) is 4.79 Å². The van der Waals surface area contributed by atoms with Crippen molar-refractivity contribution in [2.75, 3.05) is 6.61 Å². The van der Waals surface area contributed by atoms with Crippen LogP contribution in [0.4, 0.5) is 5.69 Å². The van der Waals surface area contributed by atoms with E-state index < -0.39 is 0 Å². The van der Waals surface area contributed by atoms with Crippen LogP contribution in [0.1, 0.15) is 49.9 Å². The minimum absolute atomic E-state index is 0.533. The number of carbonyl (C=O) groups is 1. The molecule has 19 heavy (non-hydrogen) atoms. The Hall–Kier alpha value is -1.71. The van der Waals surface area contributed by atoms with E-state index in [2.05, 4.69) is 19.0 Å². The van der Waals surface area contributed by atoms with Crippen LogP contribution in [0.3, 0.4) is 0 Å². The Kier molecular flexibility index (Phi) is 6.79. The molecule has 0 aliphatic heterocycles. The molecule has 0 spiro atoms. The molecule has 0 radical (unpaired) electrons. The van der Waals surface area contributed by atoms with E-state index in [0.717, 1.165) is 19.1 Å². The summed E-state index contributed by atoms with van der Waals surface area (Å²) < 4.78 is 5.79. The fourth-order valence-corrected chi connectivity index (χ4v) is 1.93. The van der Waals surface area contributed by atoms with Gasteiger partial charge in [-0.15, -0.1) is 0 Å². The third-order valence-corrected chi connectivity index (χ3v) is 3.28. The van der Waals surface area contributed by atoms with Crippen molar-refractivity contribution in [3.05, 3.63) is 23.8 Å². The summed E-state index contributed by atoms with van der Waals surface area (Å²) in [6, 6.07) is 5.07. The van der Waals surface area contributed by atoms with Gasteiger partial charge in [0.25, 0.3) is 0 Å². The zero-order chi connectivity index (χ0) is 14.1. The Morgan fingerprint density at radius 1 is 1.42 bits per heavy atom. The van der Waals surface area contributed by atoms with Crippen molar-refractivity contribution in [3.63, 3.8) is 0 Å². The lowest BCUT2D eigenvalue weighted by Gasteiger charge is -2.16. The number of hydrogen-bond acceptors (Lipinski definition) is 3. The van der Waals surface area contributed by atoms with E-state index in [4.69, 9.17) is 10.3 Å². The Labute approximate surface area is 114 Å². The maximum atomic E-state index is 10.8. The third-order valence-electron chi connectivity index (χ3n) is 3.28. The molecular weight excluding hydrogens is 240 g/mol. The molecule has 4 heteroatoms. The van der Waals surface area contributed by atoms with E-state index in [-0.39, 0.29) is 0 Å². The van der Waals surface area contributed by atoms with Crippen molar-refractivity contribution in [3.8, 4) is 5.75 Å². The Morgan fingerprint density at radius 3 is 2.79 bits per heavy atom. The number of ether oxygens (including phenoxy) is 1. The van der Waals surface area contributed by atoms with E-state index in [1.807, 2.05) is 0 Å². The monoisotopic (exact) mass is 263 g/mol. The fraction of sp³-hybridized carbons (Fsp3) is 0.533. The molecule has 0 heterocycles. The molecule has 1 atom stereocenters. The van der Waals surface area contributed by atoms with Gasteiger partial charge >= 0.3 is 0 Å². The lowest BCUT2D eigenvalue weighted by Crippen LogP contribution is -2.22. The van der Waals surface area contributed by atoms with Gasteiger partial charge in [0.1, 0.15) is 6.29 Å². The van der Waals surface area contributed by atoms with Crippen molar-refractivity contribution in [2.24, 2.45) is 11.0 Å². The molecule has 0 bridgehead atoms. The van der Waals surface area contributed by atoms with Crippen LogP contribution < -0.4 is 10.3 Å². The molecule has 0 fully saturated rings. The molecule has 1 aromatic carbocycles. The maximum absolute atomic E-state index is 10.8. The first kappa shape index (κ1) is 15.3. The molecule has 1 unspecified atom stereocenters. The van der Waals surface area contributed by atoms with Crippen LogP contribution in [0.15, 0.2) is 23.3 Å². The highest BCUT2D eigenvalue weighted by atomic mass is 16.5. The van der Waals surface area contributed by atoms with Crippen molar-refractivity contribution >= 4 is 12.0 Å². The first-order valence-corrected chi connectivity index (χ1v) is 6.88. The summed E-state index contributed by atoms with van der Waals surface area (Å²) in [5, 5.41) is 3.67. The smallest absolute Gasteiger partial charge is 0.171 e. The van der Waals surface area contributed by atoms with E-state index >= 15 is 0 Å². The van der Waals surface area contributed by atoms with Crippen molar-refractivity contribution in [1.82, 2.24) is 0 Å². The minimum Gasteiger partial charge on any atom is -0.491 e. The average molecular weight is 263 g/mol. The highest BCUT2D eigenvalue weighted by Gasteiger charge is 2.11. The fourth-order valence-electron chi connectivity index (χ4n) is 1.93. The van der Waals surface area contributed by atoms with Gasteiger partial charge in [0.15, 0.2) is 11.4 Å². The normalized spacial score (nSPS) is 11.9. The Bertz CT molecular complexity index is 419. The molecule has 0 aromatic heterocycles.